The van der Waals surface area contributed by atoms with Crippen molar-refractivity contribution < 1.29 is 13.9 Å². The van der Waals surface area contributed by atoms with E-state index in [2.05, 4.69) is 12.6 Å². The van der Waals surface area contributed by atoms with E-state index >= 15 is 0 Å². The van der Waals surface area contributed by atoms with Gasteiger partial charge in [-0.3, -0.25) is 4.79 Å². The van der Waals surface area contributed by atoms with E-state index in [9.17, 15) is 9.18 Å². The van der Waals surface area contributed by atoms with E-state index in [0.717, 1.165) is 19.4 Å². The molecule has 0 aliphatic carbocycles. The highest BCUT2D eigenvalue weighted by Crippen LogP contribution is 2.18. The minimum absolute atomic E-state index is 0.0751. The van der Waals surface area contributed by atoms with Gasteiger partial charge in [-0.25, -0.2) is 4.39 Å². The van der Waals surface area contributed by atoms with Crippen LogP contribution < -0.4 is 0 Å². The zero-order valence-corrected chi connectivity index (χ0v) is 11.8. The van der Waals surface area contributed by atoms with Crippen LogP contribution in [-0.2, 0) is 4.74 Å². The summed E-state index contributed by atoms with van der Waals surface area (Å²) in [6.45, 7) is 3.69. The second kappa shape index (κ2) is 6.39. The lowest BCUT2D eigenvalue weighted by molar-refractivity contribution is 0.0535. The normalized spacial score (nSPS) is 18.6. The number of carbonyl (C=O) groups excluding carboxylic acids is 1. The summed E-state index contributed by atoms with van der Waals surface area (Å²) in [6.07, 6.45) is 2.06. The Morgan fingerprint density at radius 2 is 2.37 bits per heavy atom. The number of amides is 1. The largest absolute Gasteiger partial charge is 0.376 e. The summed E-state index contributed by atoms with van der Waals surface area (Å²) < 4.78 is 19.2. The van der Waals surface area contributed by atoms with Gasteiger partial charge in [0.15, 0.2) is 0 Å². The highest BCUT2D eigenvalue weighted by molar-refractivity contribution is 7.80. The third-order valence-corrected chi connectivity index (χ3v) is 3.58. The Kier molecular flexibility index (Phi) is 4.82. The molecular weight excluding hydrogens is 265 g/mol. The van der Waals surface area contributed by atoms with Gasteiger partial charge in [-0.15, -0.1) is 12.6 Å². The molecule has 1 amide bonds. The fourth-order valence-corrected chi connectivity index (χ4v) is 2.44. The SMILES string of the molecule is CCN(CC1CCCO1)C(=O)c1cc(S)ccc1F. The molecule has 0 radical (unpaired) electrons. The summed E-state index contributed by atoms with van der Waals surface area (Å²) >= 11 is 4.15. The van der Waals surface area contributed by atoms with Crippen molar-refractivity contribution in [1.82, 2.24) is 4.90 Å². The fraction of sp³-hybridized carbons (Fsp3) is 0.500. The minimum Gasteiger partial charge on any atom is -0.376 e. The van der Waals surface area contributed by atoms with Gasteiger partial charge in [-0.2, -0.15) is 0 Å². The maximum atomic E-state index is 13.7. The van der Waals surface area contributed by atoms with Gasteiger partial charge >= 0.3 is 0 Å². The maximum Gasteiger partial charge on any atom is 0.256 e. The van der Waals surface area contributed by atoms with Crippen molar-refractivity contribution in [3.63, 3.8) is 0 Å². The monoisotopic (exact) mass is 283 g/mol. The van der Waals surface area contributed by atoms with Crippen LogP contribution in [0.1, 0.15) is 30.1 Å². The molecule has 104 valence electrons. The summed E-state index contributed by atoms with van der Waals surface area (Å²) in [4.78, 5) is 14.5. The predicted molar refractivity (Wildman–Crippen MR) is 74.2 cm³/mol. The number of rotatable bonds is 4. The van der Waals surface area contributed by atoms with Crippen LogP contribution in [0.4, 0.5) is 4.39 Å². The van der Waals surface area contributed by atoms with E-state index < -0.39 is 5.82 Å². The smallest absolute Gasteiger partial charge is 0.256 e. The molecule has 1 unspecified atom stereocenters. The molecule has 1 atom stereocenters. The molecular formula is C14H18FNO2S. The highest BCUT2D eigenvalue weighted by atomic mass is 32.1. The number of thiol groups is 1. The van der Waals surface area contributed by atoms with Gasteiger partial charge in [-0.1, -0.05) is 0 Å². The van der Waals surface area contributed by atoms with Crippen LogP contribution in [0.15, 0.2) is 23.1 Å². The first kappa shape index (κ1) is 14.3. The molecule has 5 heteroatoms. The van der Waals surface area contributed by atoms with E-state index in [1.807, 2.05) is 6.92 Å². The molecule has 2 rings (SSSR count). The first-order valence-electron chi connectivity index (χ1n) is 6.51. The summed E-state index contributed by atoms with van der Waals surface area (Å²) in [5.74, 6) is -0.806. The number of halogens is 1. The van der Waals surface area contributed by atoms with Gasteiger partial charge in [0.05, 0.1) is 11.7 Å². The molecule has 19 heavy (non-hydrogen) atoms. The first-order valence-corrected chi connectivity index (χ1v) is 6.96. The average Bonchev–Trinajstić information content (AvgIpc) is 2.91. The molecule has 1 aliphatic heterocycles. The van der Waals surface area contributed by atoms with Crippen LogP contribution in [0.5, 0.6) is 0 Å². The van der Waals surface area contributed by atoms with Crippen molar-refractivity contribution in [3.8, 4) is 0 Å². The van der Waals surface area contributed by atoms with Gasteiger partial charge < -0.3 is 9.64 Å². The van der Waals surface area contributed by atoms with E-state index in [0.29, 0.717) is 18.0 Å². The Morgan fingerprint density at radius 1 is 1.58 bits per heavy atom. The summed E-state index contributed by atoms with van der Waals surface area (Å²) in [6, 6.07) is 4.28. The number of hydrogen-bond donors (Lipinski definition) is 1. The van der Waals surface area contributed by atoms with Crippen LogP contribution in [-0.4, -0.2) is 36.6 Å². The molecule has 0 saturated carbocycles. The van der Waals surface area contributed by atoms with Crippen molar-refractivity contribution >= 4 is 18.5 Å². The molecule has 1 heterocycles. The third kappa shape index (κ3) is 3.48. The lowest BCUT2D eigenvalue weighted by Crippen LogP contribution is -2.37. The number of nitrogens with zero attached hydrogens (tertiary/aromatic N) is 1. The summed E-state index contributed by atoms with van der Waals surface area (Å²) in [5.41, 5.74) is 0.0762. The van der Waals surface area contributed by atoms with Crippen molar-refractivity contribution in [3.05, 3.63) is 29.6 Å². The third-order valence-electron chi connectivity index (χ3n) is 3.30. The standard InChI is InChI=1S/C14H18FNO2S/c1-2-16(9-10-4-3-7-18-10)14(17)12-8-11(19)5-6-13(12)15/h5-6,8,10,19H,2-4,7,9H2,1H3. The number of ether oxygens (including phenoxy) is 1. The van der Waals surface area contributed by atoms with Crippen LogP contribution in [0.3, 0.4) is 0 Å². The van der Waals surface area contributed by atoms with Crippen molar-refractivity contribution in [2.24, 2.45) is 0 Å². The van der Waals surface area contributed by atoms with E-state index in [4.69, 9.17) is 4.74 Å². The number of hydrogen-bond acceptors (Lipinski definition) is 3. The van der Waals surface area contributed by atoms with Gasteiger partial charge in [0, 0.05) is 24.6 Å². The van der Waals surface area contributed by atoms with Gasteiger partial charge in [0.2, 0.25) is 0 Å². The van der Waals surface area contributed by atoms with Gasteiger partial charge in [0.25, 0.3) is 5.91 Å². The van der Waals surface area contributed by atoms with Crippen LogP contribution >= 0.6 is 12.6 Å². The minimum atomic E-state index is -0.506. The van der Waals surface area contributed by atoms with Crippen LogP contribution in [0.2, 0.25) is 0 Å². The van der Waals surface area contributed by atoms with Crippen molar-refractivity contribution in [2.45, 2.75) is 30.8 Å². The fourth-order valence-electron chi connectivity index (χ4n) is 2.24. The predicted octanol–water partition coefficient (Wildman–Crippen LogP) is 2.76. The second-order valence-corrected chi connectivity index (χ2v) is 5.16. The quantitative estimate of drug-likeness (QED) is 0.861. The van der Waals surface area contributed by atoms with Crippen LogP contribution in [0, 0.1) is 5.82 Å². The lowest BCUT2D eigenvalue weighted by atomic mass is 10.1. The van der Waals surface area contributed by atoms with Gasteiger partial charge in [0.1, 0.15) is 5.82 Å². The highest BCUT2D eigenvalue weighted by Gasteiger charge is 2.24. The van der Waals surface area contributed by atoms with Gasteiger partial charge in [-0.05, 0) is 38.0 Å². The molecule has 3 nitrogen and oxygen atoms in total. The Balaban J connectivity index is 2.12. The Bertz CT molecular complexity index is 461. The molecule has 1 aromatic carbocycles. The van der Waals surface area contributed by atoms with Crippen LogP contribution in [0.25, 0.3) is 0 Å². The average molecular weight is 283 g/mol. The molecule has 1 aliphatic rings. The Labute approximate surface area is 118 Å². The number of likely N-dealkylation sites (N-methyl/N-ethyl adjacent to an activating group) is 1. The zero-order chi connectivity index (χ0) is 13.8. The first-order chi connectivity index (χ1) is 9.11. The molecule has 0 bridgehead atoms. The molecule has 1 saturated heterocycles. The zero-order valence-electron chi connectivity index (χ0n) is 10.9. The van der Waals surface area contributed by atoms with Crippen molar-refractivity contribution in [2.75, 3.05) is 19.7 Å². The Morgan fingerprint density at radius 3 is 3.00 bits per heavy atom. The van der Waals surface area contributed by atoms with E-state index in [-0.39, 0.29) is 17.6 Å². The molecule has 0 aromatic heterocycles. The molecule has 1 aromatic rings. The Hall–Kier alpha value is -1.07. The van der Waals surface area contributed by atoms with E-state index in [1.54, 1.807) is 4.90 Å². The summed E-state index contributed by atoms with van der Waals surface area (Å²) in [7, 11) is 0. The molecule has 1 fully saturated rings. The lowest BCUT2D eigenvalue weighted by Gasteiger charge is -2.24. The topological polar surface area (TPSA) is 29.5 Å². The van der Waals surface area contributed by atoms with Crippen molar-refractivity contribution in [1.29, 1.82) is 0 Å². The number of benzene rings is 1. The maximum absolute atomic E-state index is 13.7. The second-order valence-electron chi connectivity index (χ2n) is 4.64. The van der Waals surface area contributed by atoms with E-state index in [1.165, 1.54) is 18.2 Å². The number of carbonyl (C=O) groups is 1. The summed E-state index contributed by atoms with van der Waals surface area (Å²) in [5, 5.41) is 0. The molecule has 0 N–H and O–H groups in total. The molecule has 0 spiro atoms.